The summed E-state index contributed by atoms with van der Waals surface area (Å²) in [7, 11) is 0. The fourth-order valence-electron chi connectivity index (χ4n) is 3.08. The molecule has 1 fully saturated rings. The second-order valence-electron chi connectivity index (χ2n) is 6.37. The molecule has 1 aliphatic heterocycles. The number of nitrogen functional groups attached to an aromatic ring is 1. The number of halogens is 4. The predicted octanol–water partition coefficient (Wildman–Crippen LogP) is 4.07. The van der Waals surface area contributed by atoms with E-state index < -0.39 is 11.7 Å². The quantitative estimate of drug-likeness (QED) is 0.805. The maximum absolute atomic E-state index is 12.8. The highest BCUT2D eigenvalue weighted by Gasteiger charge is 2.31. The van der Waals surface area contributed by atoms with Gasteiger partial charge in [0.1, 0.15) is 0 Å². The zero-order valence-corrected chi connectivity index (χ0v) is 15.2. The highest BCUT2D eigenvalue weighted by molar-refractivity contribution is 5.85. The van der Waals surface area contributed by atoms with Gasteiger partial charge in [0.25, 0.3) is 0 Å². The summed E-state index contributed by atoms with van der Waals surface area (Å²) in [5, 5.41) is 0. The number of nitrogens with two attached hydrogens (primary N) is 1. The minimum atomic E-state index is -4.29. The van der Waals surface area contributed by atoms with Crippen LogP contribution in [0.5, 0.6) is 0 Å². The second kappa shape index (κ2) is 8.64. The van der Waals surface area contributed by atoms with Gasteiger partial charge in [-0.15, -0.1) is 12.4 Å². The molecule has 7 heteroatoms. The molecular formula is C19H23ClF3N3. The van der Waals surface area contributed by atoms with E-state index in [1.54, 1.807) is 6.07 Å². The van der Waals surface area contributed by atoms with Gasteiger partial charge in [0.05, 0.1) is 5.56 Å². The van der Waals surface area contributed by atoms with Crippen molar-refractivity contribution >= 4 is 23.8 Å². The Bertz CT molecular complexity index is 696. The molecule has 142 valence electrons. The van der Waals surface area contributed by atoms with Crippen molar-refractivity contribution in [1.29, 1.82) is 0 Å². The van der Waals surface area contributed by atoms with Crippen LogP contribution in [0.25, 0.3) is 0 Å². The van der Waals surface area contributed by atoms with Crippen LogP contribution in [0.3, 0.4) is 0 Å². The van der Waals surface area contributed by atoms with Crippen LogP contribution in [-0.4, -0.2) is 37.6 Å². The molecule has 1 aliphatic rings. The van der Waals surface area contributed by atoms with Gasteiger partial charge in [-0.2, -0.15) is 13.2 Å². The fourth-order valence-corrected chi connectivity index (χ4v) is 3.08. The Morgan fingerprint density at radius 2 is 1.58 bits per heavy atom. The first kappa shape index (κ1) is 20.4. The lowest BCUT2D eigenvalue weighted by molar-refractivity contribution is -0.137. The first-order valence-corrected chi connectivity index (χ1v) is 8.41. The van der Waals surface area contributed by atoms with E-state index in [1.165, 1.54) is 17.7 Å². The third-order valence-corrected chi connectivity index (χ3v) is 4.61. The Hall–Kier alpha value is -1.92. The maximum atomic E-state index is 12.8. The number of hydrogen-bond donors (Lipinski definition) is 1. The first-order chi connectivity index (χ1) is 11.9. The highest BCUT2D eigenvalue weighted by atomic mass is 35.5. The van der Waals surface area contributed by atoms with Crippen molar-refractivity contribution < 1.29 is 13.2 Å². The minimum Gasteiger partial charge on any atom is -0.399 e. The molecule has 0 aromatic heterocycles. The number of benzene rings is 2. The Labute approximate surface area is 158 Å². The third kappa shape index (κ3) is 5.29. The molecule has 1 heterocycles. The maximum Gasteiger partial charge on any atom is 0.416 e. The Kier molecular flexibility index (Phi) is 6.78. The van der Waals surface area contributed by atoms with Gasteiger partial charge in [-0.3, -0.25) is 4.90 Å². The number of piperazine rings is 1. The first-order valence-electron chi connectivity index (χ1n) is 8.41. The van der Waals surface area contributed by atoms with Gasteiger partial charge < -0.3 is 10.6 Å². The molecule has 1 saturated heterocycles. The summed E-state index contributed by atoms with van der Waals surface area (Å²) < 4.78 is 38.5. The molecule has 0 atom stereocenters. The summed E-state index contributed by atoms with van der Waals surface area (Å²) in [5.41, 5.74) is 7.75. The van der Waals surface area contributed by atoms with Crippen LogP contribution >= 0.6 is 12.4 Å². The van der Waals surface area contributed by atoms with Crippen LogP contribution in [0, 0.1) is 0 Å². The standard InChI is InChI=1S/C19H22F3N3.ClH/c20-19(21,22)16-2-1-3-18(14-16)25-12-10-24(11-13-25)9-8-15-4-6-17(23)7-5-15;/h1-7,14H,8-13,23H2;1H. The molecule has 2 aromatic carbocycles. The van der Waals surface area contributed by atoms with Gasteiger partial charge >= 0.3 is 6.18 Å². The molecule has 3 rings (SSSR count). The van der Waals surface area contributed by atoms with E-state index in [4.69, 9.17) is 5.73 Å². The molecule has 0 saturated carbocycles. The van der Waals surface area contributed by atoms with E-state index in [1.807, 2.05) is 29.2 Å². The van der Waals surface area contributed by atoms with Crippen molar-refractivity contribution in [2.75, 3.05) is 43.4 Å². The molecule has 0 aliphatic carbocycles. The fraction of sp³-hybridized carbons (Fsp3) is 0.368. The van der Waals surface area contributed by atoms with Gasteiger partial charge in [0.15, 0.2) is 0 Å². The zero-order chi connectivity index (χ0) is 17.9. The lowest BCUT2D eigenvalue weighted by atomic mass is 10.1. The zero-order valence-electron chi connectivity index (χ0n) is 14.4. The molecule has 0 bridgehead atoms. The van der Waals surface area contributed by atoms with E-state index in [-0.39, 0.29) is 12.4 Å². The topological polar surface area (TPSA) is 32.5 Å². The summed E-state index contributed by atoms with van der Waals surface area (Å²) in [6.07, 6.45) is -3.35. The van der Waals surface area contributed by atoms with Crippen LogP contribution in [0.15, 0.2) is 48.5 Å². The third-order valence-electron chi connectivity index (χ3n) is 4.61. The van der Waals surface area contributed by atoms with Gasteiger partial charge in [-0.1, -0.05) is 18.2 Å². The molecular weight excluding hydrogens is 363 g/mol. The number of rotatable bonds is 4. The summed E-state index contributed by atoms with van der Waals surface area (Å²) in [4.78, 5) is 4.37. The molecule has 0 unspecified atom stereocenters. The monoisotopic (exact) mass is 385 g/mol. The molecule has 0 amide bonds. The molecule has 0 spiro atoms. The summed E-state index contributed by atoms with van der Waals surface area (Å²) >= 11 is 0. The molecule has 0 radical (unpaired) electrons. The largest absolute Gasteiger partial charge is 0.416 e. The SMILES string of the molecule is Cl.Nc1ccc(CCN2CCN(c3cccc(C(F)(F)F)c3)CC2)cc1. The number of hydrogen-bond acceptors (Lipinski definition) is 3. The number of alkyl halides is 3. The van der Waals surface area contributed by atoms with E-state index in [2.05, 4.69) is 4.90 Å². The van der Waals surface area contributed by atoms with Crippen molar-refractivity contribution in [3.8, 4) is 0 Å². The average molecular weight is 386 g/mol. The number of nitrogens with zero attached hydrogens (tertiary/aromatic N) is 2. The van der Waals surface area contributed by atoms with Crippen molar-refractivity contribution in [3.05, 3.63) is 59.7 Å². The average Bonchev–Trinajstić information content (AvgIpc) is 2.61. The van der Waals surface area contributed by atoms with Crippen molar-refractivity contribution in [2.24, 2.45) is 0 Å². The van der Waals surface area contributed by atoms with E-state index >= 15 is 0 Å². The highest BCUT2D eigenvalue weighted by Crippen LogP contribution is 2.31. The van der Waals surface area contributed by atoms with Gasteiger partial charge in [0.2, 0.25) is 0 Å². The number of anilines is 2. The second-order valence-corrected chi connectivity index (χ2v) is 6.37. The van der Waals surface area contributed by atoms with Gasteiger partial charge in [-0.25, -0.2) is 0 Å². The minimum absolute atomic E-state index is 0. The summed E-state index contributed by atoms with van der Waals surface area (Å²) in [6.45, 7) is 4.13. The molecule has 3 nitrogen and oxygen atoms in total. The Morgan fingerprint density at radius 3 is 2.19 bits per heavy atom. The van der Waals surface area contributed by atoms with Crippen LogP contribution in [0.2, 0.25) is 0 Å². The van der Waals surface area contributed by atoms with E-state index in [9.17, 15) is 13.2 Å². The van der Waals surface area contributed by atoms with Crippen LogP contribution in [-0.2, 0) is 12.6 Å². The van der Waals surface area contributed by atoms with Gasteiger partial charge in [0, 0.05) is 44.1 Å². The van der Waals surface area contributed by atoms with Crippen LogP contribution in [0.4, 0.5) is 24.5 Å². The van der Waals surface area contributed by atoms with E-state index in [0.717, 1.165) is 50.9 Å². The molecule has 26 heavy (non-hydrogen) atoms. The molecule has 2 aromatic rings. The van der Waals surface area contributed by atoms with Gasteiger partial charge in [-0.05, 0) is 42.3 Å². The smallest absolute Gasteiger partial charge is 0.399 e. The summed E-state index contributed by atoms with van der Waals surface area (Å²) in [5.74, 6) is 0. The van der Waals surface area contributed by atoms with Crippen LogP contribution in [0.1, 0.15) is 11.1 Å². The normalized spacial score (nSPS) is 15.6. The van der Waals surface area contributed by atoms with Crippen molar-refractivity contribution in [1.82, 2.24) is 4.90 Å². The van der Waals surface area contributed by atoms with E-state index in [0.29, 0.717) is 5.69 Å². The molecule has 2 N–H and O–H groups in total. The lowest BCUT2D eigenvalue weighted by Gasteiger charge is -2.36. The Morgan fingerprint density at radius 1 is 0.923 bits per heavy atom. The predicted molar refractivity (Wildman–Crippen MR) is 102 cm³/mol. The summed E-state index contributed by atoms with van der Waals surface area (Å²) in [6, 6.07) is 13.5. The van der Waals surface area contributed by atoms with Crippen LogP contribution < -0.4 is 10.6 Å². The van der Waals surface area contributed by atoms with Crippen molar-refractivity contribution in [3.63, 3.8) is 0 Å². The lowest BCUT2D eigenvalue weighted by Crippen LogP contribution is -2.47. The van der Waals surface area contributed by atoms with Crippen molar-refractivity contribution in [2.45, 2.75) is 12.6 Å². The Balaban J connectivity index is 0.00000243.